The molecule has 3 heteroatoms. The first kappa shape index (κ1) is 10.1. The van der Waals surface area contributed by atoms with Gasteiger partial charge in [0.2, 0.25) is 0 Å². The second-order valence-electron chi connectivity index (χ2n) is 4.07. The molecule has 0 N–H and O–H groups in total. The molecule has 0 spiro atoms. The molecule has 0 atom stereocenters. The van der Waals surface area contributed by atoms with Gasteiger partial charge in [-0.2, -0.15) is 0 Å². The fraction of sp³-hybridized carbons (Fsp3) is 0.300. The summed E-state index contributed by atoms with van der Waals surface area (Å²) in [6.45, 7) is 6.28. The molecule has 0 amide bonds. The van der Waals surface area contributed by atoms with Crippen LogP contribution in [0, 0.1) is 5.82 Å². The summed E-state index contributed by atoms with van der Waals surface area (Å²) in [6, 6.07) is 4.84. The Morgan fingerprint density at radius 1 is 1.31 bits per heavy atom. The fourth-order valence-corrected chi connectivity index (χ4v) is 2.89. The van der Waals surface area contributed by atoms with Crippen LogP contribution in [-0.4, -0.2) is 14.4 Å². The van der Waals surface area contributed by atoms with E-state index in [-0.39, 0.29) is 5.56 Å². The van der Waals surface area contributed by atoms with E-state index >= 15 is 0 Å². The molecule has 0 bridgehead atoms. The first-order valence-corrected chi connectivity index (χ1v) is 7.71. The minimum atomic E-state index is -1.60. The Hall–Kier alpha value is -0.963. The quantitative estimate of drug-likeness (QED) is 0.523. The summed E-state index contributed by atoms with van der Waals surface area (Å²) in [5, 5.41) is 0.891. The van der Waals surface area contributed by atoms with Crippen LogP contribution in [0.25, 0.3) is 0 Å². The van der Waals surface area contributed by atoms with Gasteiger partial charge in [0.25, 0.3) is 0 Å². The molecular weight excluding hydrogens is 183 g/mol. The number of hydrogen-bond acceptors (Lipinski definition) is 1. The van der Waals surface area contributed by atoms with Crippen molar-refractivity contribution in [3.05, 3.63) is 29.6 Å². The van der Waals surface area contributed by atoms with Gasteiger partial charge in [-0.1, -0.05) is 31.8 Å². The third-order valence-electron chi connectivity index (χ3n) is 1.98. The molecule has 1 aromatic carbocycles. The van der Waals surface area contributed by atoms with Crippen molar-refractivity contribution in [2.75, 3.05) is 0 Å². The van der Waals surface area contributed by atoms with Gasteiger partial charge in [0.1, 0.15) is 5.82 Å². The smallest absolute Gasteiger partial charge is 0.152 e. The Balaban J connectivity index is 3.37. The van der Waals surface area contributed by atoms with Crippen molar-refractivity contribution in [1.29, 1.82) is 0 Å². The molecule has 0 heterocycles. The summed E-state index contributed by atoms with van der Waals surface area (Å²) in [7, 11) is -1.60. The van der Waals surface area contributed by atoms with Crippen molar-refractivity contribution < 1.29 is 9.18 Å². The molecule has 0 fully saturated rings. The van der Waals surface area contributed by atoms with E-state index in [1.165, 1.54) is 6.07 Å². The molecule has 1 nitrogen and oxygen atoms in total. The van der Waals surface area contributed by atoms with E-state index in [2.05, 4.69) is 19.6 Å². The third kappa shape index (κ3) is 2.04. The van der Waals surface area contributed by atoms with Gasteiger partial charge in [-0.15, -0.1) is 0 Å². The lowest BCUT2D eigenvalue weighted by molar-refractivity contribution is 0.112. The van der Waals surface area contributed by atoms with E-state index in [1.54, 1.807) is 6.07 Å². The molecule has 0 saturated carbocycles. The minimum absolute atomic E-state index is 0.238. The maximum absolute atomic E-state index is 13.2. The summed E-state index contributed by atoms with van der Waals surface area (Å²) in [6.07, 6.45) is 0.614. The first-order chi connectivity index (χ1) is 5.96. The maximum atomic E-state index is 13.2. The highest BCUT2D eigenvalue weighted by molar-refractivity contribution is 6.89. The second-order valence-corrected chi connectivity index (χ2v) is 9.11. The van der Waals surface area contributed by atoms with Crippen LogP contribution in [0.15, 0.2) is 18.2 Å². The van der Waals surface area contributed by atoms with E-state index in [0.29, 0.717) is 6.29 Å². The monoisotopic (exact) mass is 196 g/mol. The van der Waals surface area contributed by atoms with Crippen LogP contribution in [-0.2, 0) is 0 Å². The molecule has 0 radical (unpaired) electrons. The highest BCUT2D eigenvalue weighted by atomic mass is 28.3. The Labute approximate surface area is 78.6 Å². The lowest BCUT2D eigenvalue weighted by Gasteiger charge is -2.18. The lowest BCUT2D eigenvalue weighted by atomic mass is 10.2. The summed E-state index contributed by atoms with van der Waals surface area (Å²) in [5.74, 6) is -0.407. The molecule has 1 rings (SSSR count). The van der Waals surface area contributed by atoms with Crippen LogP contribution in [0.2, 0.25) is 19.6 Å². The van der Waals surface area contributed by atoms with Crippen LogP contribution in [0.3, 0.4) is 0 Å². The van der Waals surface area contributed by atoms with Gasteiger partial charge in [0, 0.05) is 5.56 Å². The highest BCUT2D eigenvalue weighted by Crippen LogP contribution is 2.08. The minimum Gasteiger partial charge on any atom is -0.298 e. The Kier molecular flexibility index (Phi) is 2.66. The number of hydrogen-bond donors (Lipinski definition) is 0. The molecular formula is C10H13FOSi. The van der Waals surface area contributed by atoms with Crippen LogP contribution in [0.5, 0.6) is 0 Å². The van der Waals surface area contributed by atoms with Gasteiger partial charge in [-0.25, -0.2) is 4.39 Å². The molecule has 0 aromatic heterocycles. The predicted molar refractivity (Wildman–Crippen MR) is 54.8 cm³/mol. The van der Waals surface area contributed by atoms with E-state index < -0.39 is 13.9 Å². The van der Waals surface area contributed by atoms with E-state index in [0.717, 1.165) is 5.19 Å². The molecule has 0 aliphatic heterocycles. The summed E-state index contributed by atoms with van der Waals surface area (Å²) in [5.41, 5.74) is 0.238. The zero-order chi connectivity index (χ0) is 10.1. The van der Waals surface area contributed by atoms with Gasteiger partial charge < -0.3 is 0 Å². The Morgan fingerprint density at radius 3 is 2.31 bits per heavy atom. The molecule has 1 aromatic rings. The standard InChI is InChI=1S/C10H13FOSi/c1-13(2,3)10-6-4-5-9(11)8(10)7-12/h4-7H,1-3H3. The summed E-state index contributed by atoms with van der Waals surface area (Å²) >= 11 is 0. The zero-order valence-electron chi connectivity index (χ0n) is 8.10. The van der Waals surface area contributed by atoms with Crippen molar-refractivity contribution in [2.24, 2.45) is 0 Å². The average molecular weight is 196 g/mol. The SMILES string of the molecule is C[Si](C)(C)c1cccc(F)c1C=O. The largest absolute Gasteiger partial charge is 0.298 e. The zero-order valence-corrected chi connectivity index (χ0v) is 9.10. The van der Waals surface area contributed by atoms with E-state index in [9.17, 15) is 9.18 Å². The van der Waals surface area contributed by atoms with Crippen LogP contribution in [0.4, 0.5) is 4.39 Å². The molecule has 0 aliphatic rings. The molecule has 0 saturated heterocycles. The van der Waals surface area contributed by atoms with E-state index in [4.69, 9.17) is 0 Å². The highest BCUT2D eigenvalue weighted by Gasteiger charge is 2.21. The van der Waals surface area contributed by atoms with E-state index in [1.807, 2.05) is 6.07 Å². The molecule has 13 heavy (non-hydrogen) atoms. The lowest BCUT2D eigenvalue weighted by Crippen LogP contribution is -2.40. The summed E-state index contributed by atoms with van der Waals surface area (Å²) in [4.78, 5) is 10.7. The van der Waals surface area contributed by atoms with Crippen molar-refractivity contribution in [1.82, 2.24) is 0 Å². The first-order valence-electron chi connectivity index (χ1n) is 4.21. The second kappa shape index (κ2) is 3.42. The fourth-order valence-electron chi connectivity index (χ4n) is 1.31. The van der Waals surface area contributed by atoms with Gasteiger partial charge in [-0.05, 0) is 11.3 Å². The Bertz CT molecular complexity index is 328. The van der Waals surface area contributed by atoms with Gasteiger partial charge >= 0.3 is 0 Å². The number of rotatable bonds is 2. The third-order valence-corrected chi connectivity index (χ3v) is 4.03. The van der Waals surface area contributed by atoms with Gasteiger partial charge in [0.05, 0.1) is 8.07 Å². The Morgan fingerprint density at radius 2 is 1.92 bits per heavy atom. The molecule has 70 valence electrons. The molecule has 0 aliphatic carbocycles. The maximum Gasteiger partial charge on any atom is 0.152 e. The average Bonchev–Trinajstić information content (AvgIpc) is 2.02. The number of carbonyl (C=O) groups excluding carboxylic acids is 1. The number of aldehydes is 1. The van der Waals surface area contributed by atoms with Crippen molar-refractivity contribution in [3.63, 3.8) is 0 Å². The van der Waals surface area contributed by atoms with Crippen LogP contribution < -0.4 is 5.19 Å². The van der Waals surface area contributed by atoms with Crippen LogP contribution >= 0.6 is 0 Å². The van der Waals surface area contributed by atoms with Gasteiger partial charge in [0.15, 0.2) is 6.29 Å². The number of halogens is 1. The predicted octanol–water partition coefficient (Wildman–Crippen LogP) is 2.18. The van der Waals surface area contributed by atoms with Crippen LogP contribution in [0.1, 0.15) is 10.4 Å². The van der Waals surface area contributed by atoms with Gasteiger partial charge in [-0.3, -0.25) is 4.79 Å². The van der Waals surface area contributed by atoms with Crippen molar-refractivity contribution in [2.45, 2.75) is 19.6 Å². The number of carbonyl (C=O) groups is 1. The van der Waals surface area contributed by atoms with Crippen molar-refractivity contribution in [3.8, 4) is 0 Å². The summed E-state index contributed by atoms with van der Waals surface area (Å²) < 4.78 is 13.2. The van der Waals surface area contributed by atoms with Crippen molar-refractivity contribution >= 4 is 19.5 Å². The topological polar surface area (TPSA) is 17.1 Å². The molecule has 0 unspecified atom stereocenters. The number of benzene rings is 1. The normalized spacial score (nSPS) is 11.4.